The third-order valence-electron chi connectivity index (χ3n) is 9.24. The predicted octanol–water partition coefficient (Wildman–Crippen LogP) is 5.08. The van der Waals surface area contributed by atoms with Gasteiger partial charge in [0, 0.05) is 5.41 Å². The molecule has 0 saturated heterocycles. The van der Waals surface area contributed by atoms with Gasteiger partial charge in [0.2, 0.25) is 0 Å². The lowest BCUT2D eigenvalue weighted by Crippen LogP contribution is -2.49. The number of hydrogen-bond acceptors (Lipinski definition) is 4. The van der Waals surface area contributed by atoms with Crippen LogP contribution in [-0.4, -0.2) is 27.2 Å². The molecule has 0 unspecified atom stereocenters. The highest BCUT2D eigenvalue weighted by molar-refractivity contribution is 5.41. The molecule has 5 atom stereocenters. The van der Waals surface area contributed by atoms with Crippen LogP contribution < -0.4 is 4.74 Å². The maximum atomic E-state index is 12.1. The predicted molar refractivity (Wildman–Crippen MR) is 127 cm³/mol. The molecule has 0 amide bonds. The van der Waals surface area contributed by atoms with Gasteiger partial charge in [-0.1, -0.05) is 48.5 Å². The molecule has 1 aromatic heterocycles. The molecule has 172 valence electrons. The van der Waals surface area contributed by atoms with Gasteiger partial charge >= 0.3 is 0 Å². The van der Waals surface area contributed by atoms with E-state index >= 15 is 0 Å². The van der Waals surface area contributed by atoms with E-state index in [1.165, 1.54) is 23.1 Å². The van der Waals surface area contributed by atoms with Crippen LogP contribution in [0.4, 0.5) is 0 Å². The lowest BCUT2D eigenvalue weighted by Gasteiger charge is -2.52. The molecule has 1 N–H and O–H groups in total. The highest BCUT2D eigenvalue weighted by Crippen LogP contribution is 2.66. The Bertz CT molecular complexity index is 1160. The number of methoxy groups -OCH3 is 1. The second-order valence-corrected chi connectivity index (χ2v) is 10.6. The van der Waals surface area contributed by atoms with Crippen molar-refractivity contribution in [3.05, 3.63) is 77.1 Å². The number of ether oxygens (including phenoxy) is 1. The minimum absolute atomic E-state index is 0.161. The Morgan fingerprint density at radius 2 is 1.94 bits per heavy atom. The van der Waals surface area contributed by atoms with Gasteiger partial charge in [0.15, 0.2) is 0 Å². The van der Waals surface area contributed by atoms with Crippen molar-refractivity contribution in [3.8, 4) is 5.75 Å². The lowest BCUT2D eigenvalue weighted by atomic mass is 9.53. The van der Waals surface area contributed by atoms with Gasteiger partial charge in [0.05, 0.1) is 19.9 Å². The molecule has 0 spiro atoms. The first kappa shape index (κ1) is 20.9. The lowest BCUT2D eigenvalue weighted by molar-refractivity contribution is -0.111. The van der Waals surface area contributed by atoms with Crippen molar-refractivity contribution in [1.82, 2.24) is 15.0 Å². The minimum Gasteiger partial charge on any atom is -0.497 e. The van der Waals surface area contributed by atoms with Gasteiger partial charge in [-0.2, -0.15) is 0 Å². The number of fused-ring (bicyclic) bond motifs is 5. The van der Waals surface area contributed by atoms with Crippen LogP contribution >= 0.6 is 0 Å². The van der Waals surface area contributed by atoms with Crippen LogP contribution in [-0.2, 0) is 18.6 Å². The zero-order valence-electron chi connectivity index (χ0n) is 19.6. The van der Waals surface area contributed by atoms with Crippen molar-refractivity contribution in [2.45, 2.75) is 63.5 Å². The average Bonchev–Trinajstić information content (AvgIpc) is 3.42. The molecule has 6 rings (SSSR count). The number of rotatable bonds is 4. The summed E-state index contributed by atoms with van der Waals surface area (Å²) >= 11 is 0. The zero-order valence-corrected chi connectivity index (χ0v) is 19.6. The normalized spacial score (nSPS) is 32.6. The molecular weight excluding hydrogens is 410 g/mol. The quantitative estimate of drug-likeness (QED) is 0.611. The van der Waals surface area contributed by atoms with Crippen molar-refractivity contribution in [2.24, 2.45) is 17.3 Å². The molecule has 0 radical (unpaired) electrons. The Morgan fingerprint density at radius 3 is 2.76 bits per heavy atom. The molecule has 0 aliphatic heterocycles. The fourth-order valence-corrected chi connectivity index (χ4v) is 7.46. The smallest absolute Gasteiger partial charge is 0.119 e. The van der Waals surface area contributed by atoms with Crippen molar-refractivity contribution >= 4 is 0 Å². The number of aryl methyl sites for hydroxylation is 1. The molecule has 0 bridgehead atoms. The largest absolute Gasteiger partial charge is 0.497 e. The number of nitrogens with zero attached hydrogens (tertiary/aromatic N) is 3. The molecule has 3 aliphatic carbocycles. The van der Waals surface area contributed by atoms with E-state index in [1.807, 2.05) is 29.1 Å². The summed E-state index contributed by atoms with van der Waals surface area (Å²) in [5.74, 6) is 2.68. The summed E-state index contributed by atoms with van der Waals surface area (Å²) in [6.07, 6.45) is 8.26. The van der Waals surface area contributed by atoms with Crippen LogP contribution in [0.1, 0.15) is 67.3 Å². The highest BCUT2D eigenvalue weighted by atomic mass is 16.5. The van der Waals surface area contributed by atoms with Crippen molar-refractivity contribution in [1.29, 1.82) is 0 Å². The summed E-state index contributed by atoms with van der Waals surface area (Å²) in [6, 6.07) is 16.9. The van der Waals surface area contributed by atoms with E-state index in [-0.39, 0.29) is 5.41 Å². The summed E-state index contributed by atoms with van der Waals surface area (Å²) in [7, 11) is 1.74. The molecule has 33 heavy (non-hydrogen) atoms. The first-order valence-corrected chi connectivity index (χ1v) is 12.4. The average molecular weight is 444 g/mol. The van der Waals surface area contributed by atoms with E-state index in [4.69, 9.17) is 4.74 Å². The fraction of sp³-hybridized carbons (Fsp3) is 0.500. The van der Waals surface area contributed by atoms with Crippen molar-refractivity contribution in [3.63, 3.8) is 0 Å². The molecule has 5 heteroatoms. The molecule has 5 nitrogen and oxygen atoms in total. The van der Waals surface area contributed by atoms with Crippen molar-refractivity contribution in [2.75, 3.05) is 7.11 Å². The van der Waals surface area contributed by atoms with E-state index in [9.17, 15) is 5.11 Å². The van der Waals surface area contributed by atoms with Gasteiger partial charge in [-0.15, -0.1) is 5.10 Å². The number of hydrogen-bond donors (Lipinski definition) is 1. The summed E-state index contributed by atoms with van der Waals surface area (Å²) in [6.45, 7) is 3.00. The van der Waals surface area contributed by atoms with E-state index in [0.717, 1.165) is 43.5 Å². The molecule has 3 aliphatic rings. The number of aliphatic hydroxyl groups is 1. The number of benzene rings is 2. The van der Waals surface area contributed by atoms with Gasteiger partial charge in [-0.25, -0.2) is 4.68 Å². The Balaban J connectivity index is 1.27. The Labute approximate surface area is 195 Å². The third kappa shape index (κ3) is 3.16. The summed E-state index contributed by atoms with van der Waals surface area (Å²) < 4.78 is 7.34. The molecule has 2 fully saturated rings. The topological polar surface area (TPSA) is 60.2 Å². The van der Waals surface area contributed by atoms with Crippen LogP contribution in [0.5, 0.6) is 5.75 Å². The Hall–Kier alpha value is -2.66. The summed E-state index contributed by atoms with van der Waals surface area (Å²) in [5.41, 5.74) is 3.84. The monoisotopic (exact) mass is 443 g/mol. The summed E-state index contributed by atoms with van der Waals surface area (Å²) in [5, 5.41) is 21.0. The molecular formula is C28H33N3O2. The zero-order chi connectivity index (χ0) is 22.6. The second kappa shape index (κ2) is 7.69. The fourth-order valence-electron chi connectivity index (χ4n) is 7.46. The first-order valence-electron chi connectivity index (χ1n) is 12.4. The Morgan fingerprint density at radius 1 is 1.09 bits per heavy atom. The summed E-state index contributed by atoms with van der Waals surface area (Å²) in [4.78, 5) is 0. The Kier molecular flexibility index (Phi) is 4.88. The maximum Gasteiger partial charge on any atom is 0.119 e. The van der Waals surface area contributed by atoms with Crippen molar-refractivity contribution < 1.29 is 9.84 Å². The van der Waals surface area contributed by atoms with Gasteiger partial charge < -0.3 is 9.84 Å². The van der Waals surface area contributed by atoms with Crippen LogP contribution in [0.3, 0.4) is 0 Å². The van der Waals surface area contributed by atoms with Crippen LogP contribution in [0.2, 0.25) is 0 Å². The second-order valence-electron chi connectivity index (χ2n) is 10.6. The van der Waals surface area contributed by atoms with E-state index in [0.29, 0.717) is 24.3 Å². The molecule has 2 saturated carbocycles. The van der Waals surface area contributed by atoms with Gasteiger partial charge in [-0.05, 0) is 85.1 Å². The minimum atomic E-state index is -0.905. The molecule has 2 aromatic carbocycles. The van der Waals surface area contributed by atoms with Crippen LogP contribution in [0, 0.1) is 17.3 Å². The van der Waals surface area contributed by atoms with Gasteiger partial charge in [-0.3, -0.25) is 0 Å². The van der Waals surface area contributed by atoms with E-state index < -0.39 is 5.60 Å². The maximum absolute atomic E-state index is 12.1. The first-order chi connectivity index (χ1) is 16.0. The van der Waals surface area contributed by atoms with E-state index in [1.54, 1.807) is 7.11 Å². The highest BCUT2D eigenvalue weighted by Gasteiger charge is 2.63. The molecule has 3 aromatic rings. The third-order valence-corrected chi connectivity index (χ3v) is 9.24. The standard InChI is InChI=1S/C28H33N3O2/c1-27-14-12-23-22-11-9-21(33-2)16-20(22)8-10-24(23)25(27)13-15-28(27,32)26-18-31(30-29-26)17-19-6-4-3-5-7-19/h3-7,9,11,16,18,23-25,32H,8,10,12-15,17H2,1-2H3/t23-,24-,25+,27+,28-/m1/s1. The van der Waals surface area contributed by atoms with Crippen LogP contribution in [0.15, 0.2) is 54.7 Å². The SMILES string of the molecule is COc1ccc2c(c1)CC[C@@H]1[C@@H]2CC[C@@]2(C)[C@H]1CC[C@@]2(O)c1cn(Cc2ccccc2)nn1. The van der Waals surface area contributed by atoms with Gasteiger partial charge in [0.1, 0.15) is 17.0 Å². The molecule has 1 heterocycles. The van der Waals surface area contributed by atoms with E-state index in [2.05, 4.69) is 47.6 Å². The number of aromatic nitrogens is 3. The van der Waals surface area contributed by atoms with Gasteiger partial charge in [0.25, 0.3) is 0 Å². The van der Waals surface area contributed by atoms with Crippen LogP contribution in [0.25, 0.3) is 0 Å².